The molecule has 5 atom stereocenters. The largest absolute Gasteiger partial charge is 0.454 e. The molecule has 0 aliphatic carbocycles. The smallest absolute Gasteiger partial charge is 0.323 e. The van der Waals surface area contributed by atoms with Gasteiger partial charge in [-0.15, -0.1) is 0 Å². The highest BCUT2D eigenvalue weighted by atomic mass is 16.6. The van der Waals surface area contributed by atoms with Crippen molar-refractivity contribution < 1.29 is 24.5 Å². The molecule has 3 heterocycles. The van der Waals surface area contributed by atoms with Crippen molar-refractivity contribution in [2.45, 2.75) is 43.8 Å². The standard InChI is InChI=1S/C17H22N6O5/c1-8(2)12(19)16(26)27-14-13(25)10(5-24)28-17(14,6-18)11-4-3-9-15(20)21-7-22-23(9)11/h3-4,7-8,10,12-14,24-25H,5,19H2,1-2H3,(H2,20,21,22)/t10-,12+,13-,14-,17+/m1/s1. The van der Waals surface area contributed by atoms with Gasteiger partial charge in [-0.1, -0.05) is 13.8 Å². The lowest BCUT2D eigenvalue weighted by Gasteiger charge is -2.29. The van der Waals surface area contributed by atoms with E-state index in [1.165, 1.54) is 16.9 Å². The molecule has 0 radical (unpaired) electrons. The molecule has 0 bridgehead atoms. The van der Waals surface area contributed by atoms with E-state index >= 15 is 0 Å². The van der Waals surface area contributed by atoms with Crippen LogP contribution >= 0.6 is 0 Å². The molecule has 1 aliphatic heterocycles. The van der Waals surface area contributed by atoms with E-state index < -0.39 is 42.5 Å². The maximum atomic E-state index is 12.4. The molecule has 2 aromatic rings. The Hall–Kier alpha value is -2.78. The van der Waals surface area contributed by atoms with E-state index in [4.69, 9.17) is 20.9 Å². The molecule has 0 unspecified atom stereocenters. The van der Waals surface area contributed by atoms with Crippen LogP contribution in [0.1, 0.15) is 19.5 Å². The summed E-state index contributed by atoms with van der Waals surface area (Å²) in [6, 6.07) is 4.10. The van der Waals surface area contributed by atoms with E-state index in [9.17, 15) is 20.3 Å². The van der Waals surface area contributed by atoms with Gasteiger partial charge in [0.15, 0.2) is 11.9 Å². The first-order chi connectivity index (χ1) is 13.3. The number of carbonyl (C=O) groups is 1. The van der Waals surface area contributed by atoms with Crippen LogP contribution in [0.2, 0.25) is 0 Å². The Morgan fingerprint density at radius 1 is 1.54 bits per heavy atom. The summed E-state index contributed by atoms with van der Waals surface area (Å²) >= 11 is 0. The zero-order valence-electron chi connectivity index (χ0n) is 15.4. The second-order valence-corrected chi connectivity index (χ2v) is 6.97. The monoisotopic (exact) mass is 390 g/mol. The van der Waals surface area contributed by atoms with Gasteiger partial charge in [0.1, 0.15) is 36.2 Å². The SMILES string of the molecule is CC(C)[C@H](N)C(=O)O[C@@H]1[C@H](O)[C@@H](CO)O[C@@]1(C#N)c1ccc2c(N)ncnn12. The topological polar surface area (TPSA) is 182 Å². The summed E-state index contributed by atoms with van der Waals surface area (Å²) in [7, 11) is 0. The average Bonchev–Trinajstić information content (AvgIpc) is 3.22. The second kappa shape index (κ2) is 7.33. The van der Waals surface area contributed by atoms with Crippen LogP contribution in [0.5, 0.6) is 0 Å². The van der Waals surface area contributed by atoms with Crippen LogP contribution in [0.4, 0.5) is 5.82 Å². The van der Waals surface area contributed by atoms with Crippen molar-refractivity contribution >= 4 is 17.3 Å². The van der Waals surface area contributed by atoms with E-state index in [-0.39, 0.29) is 17.4 Å². The van der Waals surface area contributed by atoms with E-state index in [2.05, 4.69) is 10.1 Å². The van der Waals surface area contributed by atoms with Gasteiger partial charge in [-0.2, -0.15) is 10.4 Å². The van der Waals surface area contributed by atoms with Crippen LogP contribution in [0, 0.1) is 17.2 Å². The van der Waals surface area contributed by atoms with Crippen molar-refractivity contribution in [3.63, 3.8) is 0 Å². The summed E-state index contributed by atoms with van der Waals surface area (Å²) < 4.78 is 12.5. The fourth-order valence-corrected chi connectivity index (χ4v) is 3.17. The minimum absolute atomic E-state index is 0.168. The van der Waals surface area contributed by atoms with Crippen LogP contribution in [0.25, 0.3) is 5.52 Å². The van der Waals surface area contributed by atoms with Gasteiger partial charge in [0.25, 0.3) is 0 Å². The Bertz CT molecular complexity index is 924. The molecule has 150 valence electrons. The summed E-state index contributed by atoms with van der Waals surface area (Å²) in [5.74, 6) is -0.850. The second-order valence-electron chi connectivity index (χ2n) is 6.97. The summed E-state index contributed by atoms with van der Waals surface area (Å²) in [6.07, 6.45) is -2.86. The third-order valence-electron chi connectivity index (χ3n) is 4.87. The zero-order valence-corrected chi connectivity index (χ0v) is 15.4. The lowest BCUT2D eigenvalue weighted by atomic mass is 9.92. The van der Waals surface area contributed by atoms with Gasteiger partial charge in [0.2, 0.25) is 5.60 Å². The normalized spacial score (nSPS) is 28.4. The molecule has 1 saturated heterocycles. The number of nitrogens with zero attached hydrogens (tertiary/aromatic N) is 4. The predicted molar refractivity (Wildman–Crippen MR) is 95.3 cm³/mol. The van der Waals surface area contributed by atoms with E-state index in [1.807, 2.05) is 6.07 Å². The summed E-state index contributed by atoms with van der Waals surface area (Å²) in [4.78, 5) is 16.3. The molecule has 6 N–H and O–H groups in total. The molecule has 0 spiro atoms. The molecule has 0 aromatic carbocycles. The number of rotatable bonds is 5. The number of carbonyl (C=O) groups excluding carboxylic acids is 1. The van der Waals surface area contributed by atoms with E-state index in [0.717, 1.165) is 0 Å². The molecule has 11 heteroatoms. The van der Waals surface area contributed by atoms with Crippen LogP contribution in [0.3, 0.4) is 0 Å². The molecule has 0 saturated carbocycles. The Morgan fingerprint density at radius 2 is 2.25 bits per heavy atom. The number of nitriles is 1. The lowest BCUT2D eigenvalue weighted by molar-refractivity contribution is -0.162. The van der Waals surface area contributed by atoms with E-state index in [1.54, 1.807) is 19.9 Å². The fraction of sp³-hybridized carbons (Fsp3) is 0.529. The third kappa shape index (κ3) is 2.96. The van der Waals surface area contributed by atoms with Crippen LogP contribution in [-0.4, -0.2) is 61.7 Å². The zero-order chi connectivity index (χ0) is 20.6. The highest BCUT2D eigenvalue weighted by Crippen LogP contribution is 2.42. The van der Waals surface area contributed by atoms with Gasteiger partial charge in [0.05, 0.1) is 12.3 Å². The van der Waals surface area contributed by atoms with Crippen LogP contribution in [0.15, 0.2) is 18.5 Å². The van der Waals surface area contributed by atoms with E-state index in [0.29, 0.717) is 5.52 Å². The molecule has 11 nitrogen and oxygen atoms in total. The fourth-order valence-electron chi connectivity index (χ4n) is 3.17. The summed E-state index contributed by atoms with van der Waals surface area (Å²) in [5.41, 5.74) is 10.3. The highest BCUT2D eigenvalue weighted by molar-refractivity contribution is 5.76. The third-order valence-corrected chi connectivity index (χ3v) is 4.87. The molecule has 1 fully saturated rings. The number of nitrogens with two attached hydrogens (primary N) is 2. The number of nitrogen functional groups attached to an aromatic ring is 1. The Balaban J connectivity index is 2.11. The van der Waals surface area contributed by atoms with Crippen molar-refractivity contribution in [1.82, 2.24) is 14.6 Å². The Kier molecular flexibility index (Phi) is 5.22. The van der Waals surface area contributed by atoms with Crippen molar-refractivity contribution in [3.8, 4) is 6.07 Å². The van der Waals surface area contributed by atoms with Crippen molar-refractivity contribution in [1.29, 1.82) is 5.26 Å². The maximum Gasteiger partial charge on any atom is 0.323 e. The van der Waals surface area contributed by atoms with Gasteiger partial charge >= 0.3 is 5.97 Å². The molecule has 0 amide bonds. The van der Waals surface area contributed by atoms with Crippen LogP contribution < -0.4 is 11.5 Å². The number of hydrogen-bond donors (Lipinski definition) is 4. The average molecular weight is 390 g/mol. The van der Waals surface area contributed by atoms with Crippen molar-refractivity contribution in [2.24, 2.45) is 11.7 Å². The van der Waals surface area contributed by atoms with Crippen molar-refractivity contribution in [3.05, 3.63) is 24.2 Å². The molecule has 2 aromatic heterocycles. The molecule has 3 rings (SSSR count). The highest BCUT2D eigenvalue weighted by Gasteiger charge is 2.60. The van der Waals surface area contributed by atoms with Gasteiger partial charge < -0.3 is 31.2 Å². The number of aliphatic hydroxyl groups is 2. The number of ether oxygens (including phenoxy) is 2. The molecular formula is C17H22N6O5. The van der Waals surface area contributed by atoms with Gasteiger partial charge in [-0.3, -0.25) is 4.79 Å². The van der Waals surface area contributed by atoms with Gasteiger partial charge in [0, 0.05) is 0 Å². The summed E-state index contributed by atoms with van der Waals surface area (Å²) in [6.45, 7) is 2.89. The quantitative estimate of drug-likeness (QED) is 0.447. The first kappa shape index (κ1) is 20.0. The lowest BCUT2D eigenvalue weighted by Crippen LogP contribution is -2.48. The first-order valence-corrected chi connectivity index (χ1v) is 8.69. The Morgan fingerprint density at radius 3 is 2.86 bits per heavy atom. The van der Waals surface area contributed by atoms with Gasteiger partial charge in [-0.25, -0.2) is 9.50 Å². The predicted octanol–water partition coefficient (Wildman–Crippen LogP) is -1.32. The van der Waals surface area contributed by atoms with Crippen molar-refractivity contribution in [2.75, 3.05) is 12.3 Å². The minimum Gasteiger partial charge on any atom is -0.454 e. The van der Waals surface area contributed by atoms with Gasteiger partial charge in [-0.05, 0) is 18.1 Å². The number of aliphatic hydroxyl groups excluding tert-OH is 2. The number of esters is 1. The number of aromatic nitrogens is 3. The molecule has 1 aliphatic rings. The van der Waals surface area contributed by atoms with Crippen LogP contribution in [-0.2, 0) is 19.9 Å². The molecular weight excluding hydrogens is 368 g/mol. The number of anilines is 1. The minimum atomic E-state index is -1.94. The maximum absolute atomic E-state index is 12.4. The number of fused-ring (bicyclic) bond motifs is 1. The Labute approximate surface area is 160 Å². The molecule has 28 heavy (non-hydrogen) atoms. The summed E-state index contributed by atoms with van der Waals surface area (Å²) in [5, 5.41) is 34.2. The number of hydrogen-bond acceptors (Lipinski definition) is 10. The first-order valence-electron chi connectivity index (χ1n) is 8.69.